The summed E-state index contributed by atoms with van der Waals surface area (Å²) in [6, 6.07) is 14.9. The van der Waals surface area contributed by atoms with Crippen LogP contribution in [-0.4, -0.2) is 30.0 Å². The van der Waals surface area contributed by atoms with E-state index in [0.29, 0.717) is 35.4 Å². The number of aromatic nitrogens is 1. The summed E-state index contributed by atoms with van der Waals surface area (Å²) in [4.78, 5) is 30.0. The van der Waals surface area contributed by atoms with Crippen LogP contribution in [0.3, 0.4) is 0 Å². The highest BCUT2D eigenvalue weighted by atomic mass is 32.1. The highest BCUT2D eigenvalue weighted by molar-refractivity contribution is 7.14. The van der Waals surface area contributed by atoms with Crippen LogP contribution in [0.15, 0.2) is 53.9 Å². The average Bonchev–Trinajstić information content (AvgIpc) is 3.32. The molecule has 7 nitrogen and oxygen atoms in total. The topological polar surface area (TPSA) is 83.6 Å². The monoisotopic (exact) mass is 408 g/mol. The van der Waals surface area contributed by atoms with Crippen molar-refractivity contribution in [3.63, 3.8) is 0 Å². The minimum atomic E-state index is -0.167. The van der Waals surface area contributed by atoms with E-state index in [0.717, 1.165) is 11.3 Å². The third kappa shape index (κ3) is 4.72. The van der Waals surface area contributed by atoms with Crippen molar-refractivity contribution in [3.8, 4) is 11.5 Å². The molecule has 1 aliphatic rings. The van der Waals surface area contributed by atoms with Gasteiger partial charge in [0.05, 0.1) is 12.1 Å². The maximum Gasteiger partial charge on any atom is 0.323 e. The van der Waals surface area contributed by atoms with Crippen LogP contribution in [0.5, 0.6) is 11.5 Å². The molecule has 8 heteroatoms. The van der Waals surface area contributed by atoms with E-state index in [1.54, 1.807) is 22.4 Å². The summed E-state index contributed by atoms with van der Waals surface area (Å²) in [5.41, 5.74) is 2.45. The van der Waals surface area contributed by atoms with Crippen molar-refractivity contribution in [1.29, 1.82) is 0 Å². The minimum Gasteiger partial charge on any atom is -0.457 e. The quantitative estimate of drug-likeness (QED) is 0.647. The highest BCUT2D eigenvalue weighted by Gasteiger charge is 2.24. The maximum atomic E-state index is 12.3. The third-order valence-corrected chi connectivity index (χ3v) is 5.24. The number of carbonyl (C=O) groups is 2. The number of anilines is 2. The van der Waals surface area contributed by atoms with E-state index >= 15 is 0 Å². The van der Waals surface area contributed by atoms with Crippen LogP contribution in [0.1, 0.15) is 11.3 Å². The van der Waals surface area contributed by atoms with Gasteiger partial charge in [0.15, 0.2) is 5.13 Å². The molecule has 1 saturated heterocycles. The fourth-order valence-corrected chi connectivity index (χ4v) is 3.80. The number of rotatable bonds is 6. The second kappa shape index (κ2) is 8.32. The summed E-state index contributed by atoms with van der Waals surface area (Å²) in [5, 5.41) is 8.01. The number of urea groups is 1. The molecule has 0 atom stereocenters. The zero-order valence-electron chi connectivity index (χ0n) is 15.8. The zero-order valence-corrected chi connectivity index (χ0v) is 16.7. The molecule has 0 radical (unpaired) electrons. The molecular formula is C21H20N4O3S. The first-order valence-electron chi connectivity index (χ1n) is 9.21. The summed E-state index contributed by atoms with van der Waals surface area (Å²) in [5.74, 6) is 1.30. The summed E-state index contributed by atoms with van der Waals surface area (Å²) in [6.45, 7) is 3.21. The fraction of sp³-hybridized carbons (Fsp3) is 0.190. The summed E-state index contributed by atoms with van der Waals surface area (Å²) in [6.07, 6.45) is 0.146. The molecule has 3 amide bonds. The number of amides is 3. The molecule has 148 valence electrons. The Hall–Kier alpha value is -3.39. The Kier molecular flexibility index (Phi) is 5.44. The molecule has 1 fully saturated rings. The molecular weight excluding hydrogens is 388 g/mol. The van der Waals surface area contributed by atoms with E-state index in [-0.39, 0.29) is 18.4 Å². The van der Waals surface area contributed by atoms with Gasteiger partial charge in [-0.2, -0.15) is 0 Å². The van der Waals surface area contributed by atoms with Crippen molar-refractivity contribution in [3.05, 3.63) is 65.2 Å². The molecule has 4 rings (SSSR count). The molecule has 1 aliphatic heterocycles. The first-order valence-corrected chi connectivity index (χ1v) is 10.1. The molecule has 0 aliphatic carbocycles. The standard InChI is InChI=1S/C21H20N4O3S/c1-14-3-2-4-18(11-14)28-17-7-5-15(6-8-17)23-19(26)12-16-13-29-21(24-16)25-10-9-22-20(25)27/h2-8,11,13H,9-10,12H2,1H3,(H,22,27)(H,23,26). The lowest BCUT2D eigenvalue weighted by molar-refractivity contribution is -0.115. The first kappa shape index (κ1) is 18.9. The van der Waals surface area contributed by atoms with E-state index in [2.05, 4.69) is 15.6 Å². The van der Waals surface area contributed by atoms with E-state index in [4.69, 9.17) is 4.74 Å². The Labute approximate surface area is 172 Å². The SMILES string of the molecule is Cc1cccc(Oc2ccc(NC(=O)Cc3csc(N4CCNC4=O)n3)cc2)c1. The lowest BCUT2D eigenvalue weighted by Crippen LogP contribution is -2.27. The highest BCUT2D eigenvalue weighted by Crippen LogP contribution is 2.25. The summed E-state index contributed by atoms with van der Waals surface area (Å²) >= 11 is 1.36. The van der Waals surface area contributed by atoms with Crippen LogP contribution in [0, 0.1) is 6.92 Å². The molecule has 2 heterocycles. The minimum absolute atomic E-state index is 0.146. The smallest absolute Gasteiger partial charge is 0.323 e. The van der Waals surface area contributed by atoms with Crippen molar-refractivity contribution in [2.75, 3.05) is 23.3 Å². The second-order valence-electron chi connectivity index (χ2n) is 6.67. The number of hydrogen-bond donors (Lipinski definition) is 2. The van der Waals surface area contributed by atoms with E-state index < -0.39 is 0 Å². The zero-order chi connectivity index (χ0) is 20.2. The predicted octanol–water partition coefficient (Wildman–Crippen LogP) is 3.95. The van der Waals surface area contributed by atoms with Crippen LogP contribution >= 0.6 is 11.3 Å². The number of nitrogens with one attached hydrogen (secondary N) is 2. The predicted molar refractivity (Wildman–Crippen MR) is 113 cm³/mol. The van der Waals surface area contributed by atoms with Gasteiger partial charge in [-0.1, -0.05) is 12.1 Å². The summed E-state index contributed by atoms with van der Waals surface area (Å²) in [7, 11) is 0. The first-order chi connectivity index (χ1) is 14.1. The van der Waals surface area contributed by atoms with Crippen LogP contribution in [0.2, 0.25) is 0 Å². The van der Waals surface area contributed by atoms with Gasteiger partial charge < -0.3 is 15.4 Å². The molecule has 0 saturated carbocycles. The average molecular weight is 408 g/mol. The number of ether oxygens (including phenoxy) is 1. The van der Waals surface area contributed by atoms with Crippen LogP contribution in [0.4, 0.5) is 15.6 Å². The number of aryl methyl sites for hydroxylation is 1. The van der Waals surface area contributed by atoms with Gasteiger partial charge in [0.25, 0.3) is 0 Å². The third-order valence-electron chi connectivity index (χ3n) is 4.33. The summed E-state index contributed by atoms with van der Waals surface area (Å²) < 4.78 is 5.82. The van der Waals surface area contributed by atoms with Crippen molar-refractivity contribution in [2.45, 2.75) is 13.3 Å². The van der Waals surface area contributed by atoms with Gasteiger partial charge in [0.1, 0.15) is 11.5 Å². The van der Waals surface area contributed by atoms with Crippen LogP contribution < -0.4 is 20.3 Å². The van der Waals surface area contributed by atoms with E-state index in [1.165, 1.54) is 11.3 Å². The normalized spacial score (nSPS) is 13.3. The van der Waals surface area contributed by atoms with Crippen LogP contribution in [-0.2, 0) is 11.2 Å². The maximum absolute atomic E-state index is 12.3. The molecule has 2 N–H and O–H groups in total. The molecule has 1 aromatic heterocycles. The van der Waals surface area contributed by atoms with Crippen molar-refractivity contribution >= 4 is 34.1 Å². The number of hydrogen-bond acceptors (Lipinski definition) is 5. The lowest BCUT2D eigenvalue weighted by Gasteiger charge is -2.09. The fourth-order valence-electron chi connectivity index (χ4n) is 2.95. The molecule has 2 aromatic carbocycles. The van der Waals surface area contributed by atoms with Gasteiger partial charge in [-0.05, 0) is 48.9 Å². The number of benzene rings is 2. The van der Waals surface area contributed by atoms with Crippen molar-refractivity contribution < 1.29 is 14.3 Å². The van der Waals surface area contributed by atoms with Gasteiger partial charge in [0.2, 0.25) is 5.91 Å². The van der Waals surface area contributed by atoms with Gasteiger partial charge >= 0.3 is 6.03 Å². The molecule has 0 spiro atoms. The lowest BCUT2D eigenvalue weighted by atomic mass is 10.2. The largest absolute Gasteiger partial charge is 0.457 e. The van der Waals surface area contributed by atoms with Gasteiger partial charge in [-0.3, -0.25) is 9.69 Å². The van der Waals surface area contributed by atoms with Gasteiger partial charge in [-0.25, -0.2) is 9.78 Å². The Morgan fingerprint density at radius 1 is 1.24 bits per heavy atom. The van der Waals surface area contributed by atoms with Crippen LogP contribution in [0.25, 0.3) is 0 Å². The number of carbonyl (C=O) groups excluding carboxylic acids is 2. The van der Waals surface area contributed by atoms with E-state index in [9.17, 15) is 9.59 Å². The van der Waals surface area contributed by atoms with Gasteiger partial charge in [-0.15, -0.1) is 11.3 Å². The number of thiazole rings is 1. The Bertz CT molecular complexity index is 1030. The Morgan fingerprint density at radius 3 is 2.79 bits per heavy atom. The second-order valence-corrected chi connectivity index (χ2v) is 7.51. The molecule has 0 unspecified atom stereocenters. The molecule has 29 heavy (non-hydrogen) atoms. The van der Waals surface area contributed by atoms with Gasteiger partial charge in [0, 0.05) is 24.2 Å². The Balaban J connectivity index is 1.33. The Morgan fingerprint density at radius 2 is 2.07 bits per heavy atom. The molecule has 0 bridgehead atoms. The van der Waals surface area contributed by atoms with Crippen molar-refractivity contribution in [2.24, 2.45) is 0 Å². The molecule has 3 aromatic rings. The number of nitrogens with zero attached hydrogens (tertiary/aromatic N) is 2. The van der Waals surface area contributed by atoms with Crippen molar-refractivity contribution in [1.82, 2.24) is 10.3 Å². The van der Waals surface area contributed by atoms with E-state index in [1.807, 2.05) is 43.3 Å².